The molecule has 0 fully saturated rings. The number of hydrogen-bond donors (Lipinski definition) is 1. The van der Waals surface area contributed by atoms with E-state index in [-0.39, 0.29) is 12.6 Å². The maximum atomic E-state index is 12.0. The van der Waals surface area contributed by atoms with Gasteiger partial charge >= 0.3 is 0 Å². The highest BCUT2D eigenvalue weighted by Gasteiger charge is 2.19. The molecule has 1 aromatic heterocycles. The van der Waals surface area contributed by atoms with Crippen LogP contribution in [0, 0.1) is 11.3 Å². The van der Waals surface area contributed by atoms with Gasteiger partial charge in [-0.3, -0.25) is 4.79 Å². The summed E-state index contributed by atoms with van der Waals surface area (Å²) in [5.41, 5.74) is 3.00. The first-order valence-electron chi connectivity index (χ1n) is 8.58. The fraction of sp³-hybridized carbons (Fsp3) is 0.0952. The number of nitrogens with one attached hydrogen (secondary N) is 1. The molecule has 0 spiro atoms. The third-order valence-corrected chi connectivity index (χ3v) is 5.39. The Labute approximate surface area is 176 Å². The van der Waals surface area contributed by atoms with Gasteiger partial charge < -0.3 is 14.8 Å². The van der Waals surface area contributed by atoms with Gasteiger partial charge in [0.2, 0.25) is 6.79 Å². The number of aromatic nitrogens is 1. The number of ketones is 1. The number of thiazole rings is 1. The average molecular weight is 424 g/mol. The van der Waals surface area contributed by atoms with E-state index in [9.17, 15) is 10.1 Å². The van der Waals surface area contributed by atoms with Crippen molar-refractivity contribution in [3.05, 3.63) is 63.6 Å². The smallest absolute Gasteiger partial charge is 0.231 e. The van der Waals surface area contributed by atoms with Gasteiger partial charge in [-0.2, -0.15) is 5.26 Å². The zero-order valence-electron chi connectivity index (χ0n) is 15.2. The number of hydrogen-bond acceptors (Lipinski definition) is 7. The van der Waals surface area contributed by atoms with Crippen LogP contribution in [0.5, 0.6) is 11.5 Å². The van der Waals surface area contributed by atoms with E-state index in [1.165, 1.54) is 24.5 Å². The minimum absolute atomic E-state index is 0.113. The first kappa shape index (κ1) is 19.0. The summed E-state index contributed by atoms with van der Waals surface area (Å²) in [6, 6.07) is 12.8. The Bertz CT molecular complexity index is 1160. The molecule has 1 aliphatic rings. The second kappa shape index (κ2) is 7.95. The lowest BCUT2D eigenvalue weighted by atomic mass is 10.1. The average Bonchev–Trinajstić information content (AvgIpc) is 3.37. The number of ether oxygens (including phenoxy) is 2. The van der Waals surface area contributed by atoms with E-state index in [0.717, 1.165) is 11.3 Å². The quantitative estimate of drug-likeness (QED) is 0.438. The second-order valence-corrected chi connectivity index (χ2v) is 7.46. The number of fused-ring (bicyclic) bond motifs is 1. The molecule has 0 amide bonds. The lowest BCUT2D eigenvalue weighted by molar-refractivity contribution is 0.101. The Morgan fingerprint density at radius 1 is 1.28 bits per heavy atom. The van der Waals surface area contributed by atoms with Crippen molar-refractivity contribution in [1.82, 2.24) is 4.98 Å². The lowest BCUT2D eigenvalue weighted by Gasteiger charge is -2.08. The van der Waals surface area contributed by atoms with Crippen LogP contribution in [-0.2, 0) is 0 Å². The van der Waals surface area contributed by atoms with Gasteiger partial charge in [-0.15, -0.1) is 11.3 Å². The molecule has 1 N–H and O–H groups in total. The van der Waals surface area contributed by atoms with Gasteiger partial charge in [0.05, 0.1) is 11.4 Å². The van der Waals surface area contributed by atoms with Crippen LogP contribution >= 0.6 is 22.9 Å². The van der Waals surface area contributed by atoms with Gasteiger partial charge in [0, 0.05) is 33.8 Å². The van der Waals surface area contributed by atoms with Gasteiger partial charge in [0.15, 0.2) is 17.3 Å². The van der Waals surface area contributed by atoms with Crippen LogP contribution in [0.2, 0.25) is 5.02 Å². The summed E-state index contributed by atoms with van der Waals surface area (Å²) in [6.45, 7) is 1.58. The summed E-state index contributed by atoms with van der Waals surface area (Å²) < 4.78 is 10.7. The van der Waals surface area contributed by atoms with Crippen molar-refractivity contribution in [2.45, 2.75) is 6.92 Å². The van der Waals surface area contributed by atoms with E-state index in [1.807, 2.05) is 17.5 Å². The number of benzene rings is 2. The van der Waals surface area contributed by atoms with Gasteiger partial charge in [-0.1, -0.05) is 23.7 Å². The van der Waals surface area contributed by atoms with Gasteiger partial charge in [-0.05, 0) is 25.1 Å². The fourth-order valence-electron chi connectivity index (χ4n) is 2.80. The van der Waals surface area contributed by atoms with E-state index >= 15 is 0 Å². The number of allylic oxidation sites excluding steroid dienone is 1. The molecule has 1 aliphatic heterocycles. The van der Waals surface area contributed by atoms with Gasteiger partial charge in [-0.25, -0.2) is 4.98 Å². The minimum atomic E-state index is -0.128. The number of anilines is 1. The SMILES string of the molecule is CC(=O)c1cc2c(cc1NC=C(C#N)c1nc(-c3ccc(Cl)cc3)cs1)OCO2. The summed E-state index contributed by atoms with van der Waals surface area (Å²) in [6.07, 6.45) is 1.54. The van der Waals surface area contributed by atoms with Crippen LogP contribution in [0.1, 0.15) is 22.3 Å². The van der Waals surface area contributed by atoms with Crippen LogP contribution in [-0.4, -0.2) is 17.6 Å². The Morgan fingerprint density at radius 2 is 2.00 bits per heavy atom. The molecule has 0 unspecified atom stereocenters. The van der Waals surface area contributed by atoms with Crippen molar-refractivity contribution >= 4 is 40.0 Å². The Balaban J connectivity index is 1.62. The molecule has 0 saturated heterocycles. The first-order valence-corrected chi connectivity index (χ1v) is 9.84. The molecule has 0 saturated carbocycles. The predicted octanol–water partition coefficient (Wildman–Crippen LogP) is 5.37. The van der Waals surface area contributed by atoms with Crippen molar-refractivity contribution in [2.24, 2.45) is 0 Å². The highest BCUT2D eigenvalue weighted by molar-refractivity contribution is 7.11. The number of rotatable bonds is 5. The van der Waals surface area contributed by atoms with Crippen molar-refractivity contribution in [2.75, 3.05) is 12.1 Å². The number of halogens is 1. The topological polar surface area (TPSA) is 84.2 Å². The summed E-state index contributed by atoms with van der Waals surface area (Å²) in [5, 5.41) is 15.7. The predicted molar refractivity (Wildman–Crippen MR) is 112 cm³/mol. The van der Waals surface area contributed by atoms with Crippen LogP contribution < -0.4 is 14.8 Å². The molecular weight excluding hydrogens is 410 g/mol. The molecule has 4 rings (SSSR count). The first-order chi connectivity index (χ1) is 14.0. The number of Topliss-reactive ketones (excluding diaryl/α,β-unsaturated/α-hetero) is 1. The molecule has 29 heavy (non-hydrogen) atoms. The molecular formula is C21H14ClN3O3S. The van der Waals surface area contributed by atoms with Gasteiger partial charge in [0.25, 0.3) is 0 Å². The van der Waals surface area contributed by atoms with Crippen molar-refractivity contribution in [3.8, 4) is 28.8 Å². The maximum Gasteiger partial charge on any atom is 0.231 e. The third kappa shape index (κ3) is 3.94. The number of carbonyl (C=O) groups is 1. The lowest BCUT2D eigenvalue weighted by Crippen LogP contribution is -2.00. The highest BCUT2D eigenvalue weighted by atomic mass is 35.5. The maximum absolute atomic E-state index is 12.0. The van der Waals surface area contributed by atoms with Crippen LogP contribution in [0.3, 0.4) is 0 Å². The van der Waals surface area contributed by atoms with Crippen molar-refractivity contribution in [1.29, 1.82) is 5.26 Å². The second-order valence-electron chi connectivity index (χ2n) is 6.17. The minimum Gasteiger partial charge on any atom is -0.454 e. The third-order valence-electron chi connectivity index (χ3n) is 4.26. The largest absolute Gasteiger partial charge is 0.454 e. The van der Waals surface area contributed by atoms with E-state index < -0.39 is 0 Å². The molecule has 0 atom stereocenters. The Hall–Kier alpha value is -3.34. The van der Waals surface area contributed by atoms with E-state index in [4.69, 9.17) is 21.1 Å². The molecule has 2 heterocycles. The highest BCUT2D eigenvalue weighted by Crippen LogP contribution is 2.37. The summed E-state index contributed by atoms with van der Waals surface area (Å²) in [4.78, 5) is 16.5. The van der Waals surface area contributed by atoms with Gasteiger partial charge in [0.1, 0.15) is 16.6 Å². The van der Waals surface area contributed by atoms with Crippen LogP contribution in [0.4, 0.5) is 5.69 Å². The van der Waals surface area contributed by atoms with E-state index in [2.05, 4.69) is 16.4 Å². The molecule has 0 aliphatic carbocycles. The summed E-state index contributed by atoms with van der Waals surface area (Å²) in [7, 11) is 0. The molecule has 6 nitrogen and oxygen atoms in total. The van der Waals surface area contributed by atoms with Crippen molar-refractivity contribution in [3.63, 3.8) is 0 Å². The van der Waals surface area contributed by atoms with Crippen LogP contribution in [0.25, 0.3) is 16.8 Å². The van der Waals surface area contributed by atoms with E-state index in [1.54, 1.807) is 24.3 Å². The summed E-state index contributed by atoms with van der Waals surface area (Å²) in [5.74, 6) is 0.943. The van der Waals surface area contributed by atoms with Crippen LogP contribution in [0.15, 0.2) is 48.0 Å². The molecule has 8 heteroatoms. The normalized spacial score (nSPS) is 12.5. The van der Waals surface area contributed by atoms with E-state index in [0.29, 0.717) is 38.4 Å². The Morgan fingerprint density at radius 3 is 2.69 bits per heavy atom. The summed E-state index contributed by atoms with van der Waals surface area (Å²) >= 11 is 7.29. The number of carbonyl (C=O) groups excluding carboxylic acids is 1. The molecule has 144 valence electrons. The fourth-order valence-corrected chi connectivity index (χ4v) is 3.72. The monoisotopic (exact) mass is 423 g/mol. The zero-order chi connectivity index (χ0) is 20.4. The zero-order valence-corrected chi connectivity index (χ0v) is 16.8. The number of nitriles is 1. The Kier molecular flexibility index (Phi) is 5.21. The van der Waals surface area contributed by atoms with Crippen molar-refractivity contribution < 1.29 is 14.3 Å². The number of nitrogens with zero attached hydrogens (tertiary/aromatic N) is 2. The molecule has 3 aromatic rings. The standard InChI is InChI=1S/C21H14ClN3O3S/c1-12(26)16-6-19-20(28-11-27-19)7-17(16)24-9-14(8-23)21-25-18(10-29-21)13-2-4-15(22)5-3-13/h2-7,9-10,24H,11H2,1H3. The molecule has 2 aromatic carbocycles. The molecule has 0 radical (unpaired) electrons. The molecule has 0 bridgehead atoms.